The summed E-state index contributed by atoms with van der Waals surface area (Å²) in [5.41, 5.74) is 5.91. The zero-order valence-corrected chi connectivity index (χ0v) is 19.5. The van der Waals surface area contributed by atoms with E-state index in [9.17, 15) is 0 Å². The van der Waals surface area contributed by atoms with Crippen molar-refractivity contribution >= 4 is 54.3 Å². The van der Waals surface area contributed by atoms with Gasteiger partial charge in [-0.05, 0) is 53.2 Å². The van der Waals surface area contributed by atoms with Crippen molar-refractivity contribution in [1.82, 2.24) is 14.1 Å². The van der Waals surface area contributed by atoms with E-state index in [0.29, 0.717) is 0 Å². The molecule has 0 aliphatic carbocycles. The summed E-state index contributed by atoms with van der Waals surface area (Å²) >= 11 is 0. The van der Waals surface area contributed by atoms with Gasteiger partial charge in [-0.25, -0.2) is 0 Å². The number of hydrogen-bond acceptors (Lipinski definition) is 1. The Labute approximate surface area is 207 Å². The maximum absolute atomic E-state index is 4.52. The molecule has 0 radical (unpaired) electrons. The van der Waals surface area contributed by atoms with Crippen molar-refractivity contribution < 1.29 is 0 Å². The highest BCUT2D eigenvalue weighted by Crippen LogP contribution is 2.37. The summed E-state index contributed by atoms with van der Waals surface area (Å²) < 4.78 is 4.65. The molecule has 36 heavy (non-hydrogen) atoms. The average molecular weight is 460 g/mol. The number of rotatable bonds is 2. The normalized spacial score (nSPS) is 11.9. The molecule has 0 aliphatic heterocycles. The molecule has 0 saturated heterocycles. The van der Waals surface area contributed by atoms with Crippen LogP contribution in [0.3, 0.4) is 0 Å². The Hall–Kier alpha value is -4.89. The van der Waals surface area contributed by atoms with E-state index in [1.54, 1.807) is 0 Å². The molecule has 0 unspecified atom stereocenters. The lowest BCUT2D eigenvalue weighted by Gasteiger charge is -2.11. The van der Waals surface area contributed by atoms with Crippen LogP contribution in [0.1, 0.15) is 0 Å². The predicted molar refractivity (Wildman–Crippen MR) is 150 cm³/mol. The van der Waals surface area contributed by atoms with Gasteiger partial charge in [0, 0.05) is 45.0 Å². The van der Waals surface area contributed by atoms with E-state index >= 15 is 0 Å². The average Bonchev–Trinajstić information content (AvgIpc) is 3.51. The first-order chi connectivity index (χ1) is 17.9. The molecule has 0 fully saturated rings. The summed E-state index contributed by atoms with van der Waals surface area (Å²) in [5, 5.41) is 8.65. The van der Waals surface area contributed by atoms with Crippen LogP contribution in [0.4, 0.5) is 0 Å². The first-order valence-electron chi connectivity index (χ1n) is 12.2. The van der Waals surface area contributed by atoms with Gasteiger partial charge in [0.2, 0.25) is 0 Å². The molecule has 0 spiro atoms. The van der Waals surface area contributed by atoms with Crippen molar-refractivity contribution in [3.63, 3.8) is 0 Å². The molecule has 0 amide bonds. The summed E-state index contributed by atoms with van der Waals surface area (Å²) in [6, 6.07) is 39.2. The molecule has 3 heterocycles. The molecule has 0 N–H and O–H groups in total. The third-order valence-electron chi connectivity index (χ3n) is 7.40. The van der Waals surface area contributed by atoms with Gasteiger partial charge in [0.25, 0.3) is 0 Å². The maximum atomic E-state index is 4.52. The van der Waals surface area contributed by atoms with Gasteiger partial charge in [0.15, 0.2) is 0 Å². The van der Waals surface area contributed by atoms with E-state index in [2.05, 4.69) is 130 Å². The number of aromatic nitrogens is 3. The minimum atomic E-state index is 1.10. The highest BCUT2D eigenvalue weighted by atomic mass is 15.0. The van der Waals surface area contributed by atoms with E-state index in [0.717, 1.165) is 11.1 Å². The number of pyridine rings is 1. The topological polar surface area (TPSA) is 22.8 Å². The SMILES string of the molecule is c1ccc(-n2c3ccccc3c3cc4ccc5c(ccn5-c5cncc6ccccc56)c4cc32)cc1. The second-order valence-electron chi connectivity index (χ2n) is 9.34. The van der Waals surface area contributed by atoms with E-state index < -0.39 is 0 Å². The molecule has 3 nitrogen and oxygen atoms in total. The molecule has 168 valence electrons. The Kier molecular flexibility index (Phi) is 3.94. The number of hydrogen-bond donors (Lipinski definition) is 0. The zero-order valence-electron chi connectivity index (χ0n) is 19.5. The molecular formula is C33H21N3. The molecule has 5 aromatic carbocycles. The number of fused-ring (bicyclic) bond motifs is 7. The van der Waals surface area contributed by atoms with E-state index in [4.69, 9.17) is 0 Å². The van der Waals surface area contributed by atoms with Gasteiger partial charge in [-0.1, -0.05) is 66.7 Å². The lowest BCUT2D eigenvalue weighted by atomic mass is 10.0. The van der Waals surface area contributed by atoms with E-state index in [1.165, 1.54) is 54.6 Å². The van der Waals surface area contributed by atoms with Crippen LogP contribution in [0.25, 0.3) is 65.6 Å². The van der Waals surface area contributed by atoms with E-state index in [1.807, 2.05) is 12.4 Å². The summed E-state index contributed by atoms with van der Waals surface area (Å²) in [6.07, 6.45) is 6.06. The van der Waals surface area contributed by atoms with Crippen LogP contribution in [-0.2, 0) is 0 Å². The largest absolute Gasteiger partial charge is 0.314 e. The van der Waals surface area contributed by atoms with Crippen LogP contribution in [-0.4, -0.2) is 14.1 Å². The second-order valence-corrected chi connectivity index (χ2v) is 9.34. The standard InChI is InChI=1S/C33H21N3/c1-2-9-24(10-3-1)36-31-13-7-6-12-26(31)29-18-22-14-15-30-27(28(22)19-32(29)36)16-17-35(30)33-21-34-20-23-8-4-5-11-25(23)33/h1-21H. The monoisotopic (exact) mass is 459 g/mol. The Morgan fingerprint density at radius 1 is 0.472 bits per heavy atom. The lowest BCUT2D eigenvalue weighted by molar-refractivity contribution is 1.12. The summed E-state index contributed by atoms with van der Waals surface area (Å²) in [7, 11) is 0. The van der Waals surface area contributed by atoms with Crippen molar-refractivity contribution in [1.29, 1.82) is 0 Å². The van der Waals surface area contributed by atoms with Crippen LogP contribution >= 0.6 is 0 Å². The summed E-state index contributed by atoms with van der Waals surface area (Å²) in [5.74, 6) is 0. The summed E-state index contributed by atoms with van der Waals surface area (Å²) in [6.45, 7) is 0. The van der Waals surface area contributed by atoms with Crippen LogP contribution < -0.4 is 0 Å². The third kappa shape index (κ3) is 2.65. The lowest BCUT2D eigenvalue weighted by Crippen LogP contribution is -1.95. The molecular weight excluding hydrogens is 438 g/mol. The van der Waals surface area contributed by atoms with Gasteiger partial charge in [-0.15, -0.1) is 0 Å². The first-order valence-corrected chi connectivity index (χ1v) is 12.2. The van der Waals surface area contributed by atoms with Gasteiger partial charge in [-0.2, -0.15) is 0 Å². The molecule has 3 aromatic heterocycles. The van der Waals surface area contributed by atoms with Crippen molar-refractivity contribution in [2.24, 2.45) is 0 Å². The Morgan fingerprint density at radius 2 is 1.25 bits per heavy atom. The molecule has 0 saturated carbocycles. The maximum Gasteiger partial charge on any atom is 0.0718 e. The number of para-hydroxylation sites is 2. The van der Waals surface area contributed by atoms with Crippen LogP contribution in [0.15, 0.2) is 128 Å². The fraction of sp³-hybridized carbons (Fsp3) is 0. The summed E-state index contributed by atoms with van der Waals surface area (Å²) in [4.78, 5) is 4.52. The van der Waals surface area contributed by atoms with Crippen molar-refractivity contribution in [2.45, 2.75) is 0 Å². The van der Waals surface area contributed by atoms with Crippen LogP contribution in [0, 0.1) is 0 Å². The van der Waals surface area contributed by atoms with Crippen molar-refractivity contribution in [2.75, 3.05) is 0 Å². The van der Waals surface area contributed by atoms with Crippen molar-refractivity contribution in [3.8, 4) is 11.4 Å². The highest BCUT2D eigenvalue weighted by Gasteiger charge is 2.15. The van der Waals surface area contributed by atoms with Crippen molar-refractivity contribution in [3.05, 3.63) is 128 Å². The smallest absolute Gasteiger partial charge is 0.0718 e. The zero-order chi connectivity index (χ0) is 23.6. The molecule has 0 atom stereocenters. The fourth-order valence-corrected chi connectivity index (χ4v) is 5.77. The van der Waals surface area contributed by atoms with Gasteiger partial charge in [0.05, 0.1) is 28.4 Å². The van der Waals surface area contributed by atoms with E-state index in [-0.39, 0.29) is 0 Å². The highest BCUT2D eigenvalue weighted by molar-refractivity contribution is 6.18. The molecule has 0 bridgehead atoms. The quantitative estimate of drug-likeness (QED) is 0.254. The molecule has 0 aliphatic rings. The van der Waals surface area contributed by atoms with Crippen LogP contribution in [0.2, 0.25) is 0 Å². The first kappa shape index (κ1) is 19.4. The van der Waals surface area contributed by atoms with Gasteiger partial charge < -0.3 is 9.13 Å². The Bertz CT molecular complexity index is 2090. The minimum Gasteiger partial charge on any atom is -0.314 e. The molecule has 8 rings (SSSR count). The second kappa shape index (κ2) is 7.30. The van der Waals surface area contributed by atoms with Gasteiger partial charge in [0.1, 0.15) is 0 Å². The molecule has 3 heteroatoms. The predicted octanol–water partition coefficient (Wildman–Crippen LogP) is 8.43. The Balaban J connectivity index is 1.46. The third-order valence-corrected chi connectivity index (χ3v) is 7.40. The van der Waals surface area contributed by atoms with Crippen LogP contribution in [0.5, 0.6) is 0 Å². The van der Waals surface area contributed by atoms with Gasteiger partial charge in [-0.3, -0.25) is 4.98 Å². The number of nitrogens with zero attached hydrogens (tertiary/aromatic N) is 3. The molecule has 8 aromatic rings. The Morgan fingerprint density at radius 3 is 2.17 bits per heavy atom. The fourth-order valence-electron chi connectivity index (χ4n) is 5.77. The minimum absolute atomic E-state index is 1.10. The number of benzene rings is 5. The van der Waals surface area contributed by atoms with Gasteiger partial charge >= 0.3 is 0 Å².